The van der Waals surface area contributed by atoms with Crippen molar-refractivity contribution in [2.45, 2.75) is 45.7 Å². The molecule has 1 N–H and O–H groups in total. The smallest absolute Gasteiger partial charge is 0.180 e. The van der Waals surface area contributed by atoms with E-state index in [4.69, 9.17) is 0 Å². The van der Waals surface area contributed by atoms with Crippen molar-refractivity contribution < 1.29 is 5.21 Å². The Morgan fingerprint density at radius 2 is 1.94 bits per heavy atom. The molecule has 16 heavy (non-hydrogen) atoms. The average Bonchev–Trinajstić information content (AvgIpc) is 2.64. The fourth-order valence-corrected chi connectivity index (χ4v) is 1.69. The molecule has 1 aromatic rings. The third kappa shape index (κ3) is 1.28. The zero-order valence-corrected chi connectivity index (χ0v) is 10.3. The van der Waals surface area contributed by atoms with E-state index >= 15 is 0 Å². The third-order valence-electron chi connectivity index (χ3n) is 3.62. The second-order valence-corrected chi connectivity index (χ2v) is 5.22. The molecule has 0 saturated heterocycles. The highest BCUT2D eigenvalue weighted by Gasteiger charge is 2.50. The molecule has 2 heterocycles. The molecule has 2 rings (SSSR count). The molecular weight excluding hydrogens is 204 g/mol. The van der Waals surface area contributed by atoms with E-state index in [1.165, 1.54) is 0 Å². The van der Waals surface area contributed by atoms with Crippen molar-refractivity contribution in [2.75, 3.05) is 0 Å². The number of aromatic amines is 1. The summed E-state index contributed by atoms with van der Waals surface area (Å²) in [7, 11) is 0. The number of aromatic nitrogens is 2. The molecule has 0 fully saturated rings. The highest BCUT2D eigenvalue weighted by molar-refractivity contribution is 5.99. The molecule has 0 aromatic carbocycles. The number of imidazole rings is 1. The van der Waals surface area contributed by atoms with Gasteiger partial charge in [0.2, 0.25) is 0 Å². The van der Waals surface area contributed by atoms with Crippen LogP contribution in [0.1, 0.15) is 39.1 Å². The van der Waals surface area contributed by atoms with Crippen LogP contribution in [0.3, 0.4) is 0 Å². The van der Waals surface area contributed by atoms with E-state index in [1.807, 2.05) is 34.6 Å². The summed E-state index contributed by atoms with van der Waals surface area (Å²) in [6, 6.07) is 0. The molecule has 0 spiro atoms. The Labute approximate surface area is 95.2 Å². The Balaban J connectivity index is 2.50. The Hall–Kier alpha value is -1.36. The zero-order valence-electron chi connectivity index (χ0n) is 10.3. The van der Waals surface area contributed by atoms with Crippen LogP contribution in [0.4, 0.5) is 0 Å². The molecule has 1 aliphatic rings. The zero-order chi connectivity index (χ0) is 12.1. The lowest BCUT2D eigenvalue weighted by Gasteiger charge is -2.35. The quantitative estimate of drug-likeness (QED) is 0.784. The van der Waals surface area contributed by atoms with Gasteiger partial charge in [0.25, 0.3) is 0 Å². The van der Waals surface area contributed by atoms with Gasteiger partial charge in [-0.2, -0.15) is 5.06 Å². The molecule has 5 heteroatoms. The van der Waals surface area contributed by atoms with Gasteiger partial charge in [0.15, 0.2) is 5.84 Å². The van der Waals surface area contributed by atoms with Crippen molar-refractivity contribution in [1.29, 1.82) is 0 Å². The number of aryl methyl sites for hydroxylation is 1. The number of rotatable bonds is 1. The van der Waals surface area contributed by atoms with Crippen LogP contribution < -0.4 is 0 Å². The molecule has 0 amide bonds. The number of amidine groups is 1. The summed E-state index contributed by atoms with van der Waals surface area (Å²) in [4.78, 5) is 11.6. The Morgan fingerprint density at radius 3 is 2.31 bits per heavy atom. The molecule has 87 valence electrons. The first-order valence-corrected chi connectivity index (χ1v) is 5.35. The maximum Gasteiger partial charge on any atom is 0.180 e. The van der Waals surface area contributed by atoms with Gasteiger partial charge in [0.1, 0.15) is 5.69 Å². The van der Waals surface area contributed by atoms with Gasteiger partial charge in [-0.05, 0) is 34.6 Å². The van der Waals surface area contributed by atoms with Crippen molar-refractivity contribution in [1.82, 2.24) is 15.0 Å². The highest BCUT2D eigenvalue weighted by Crippen LogP contribution is 2.37. The molecule has 1 aliphatic heterocycles. The molecular formula is C11H17N4O. The SMILES string of the molecule is Cc1[nH]cnc1C1=NC(C)(C)C(C)(C)N1[O]. The van der Waals surface area contributed by atoms with E-state index < -0.39 is 11.1 Å². The van der Waals surface area contributed by atoms with Crippen molar-refractivity contribution in [3.63, 3.8) is 0 Å². The van der Waals surface area contributed by atoms with E-state index in [1.54, 1.807) is 6.33 Å². The minimum Gasteiger partial charge on any atom is -0.348 e. The van der Waals surface area contributed by atoms with E-state index in [2.05, 4.69) is 15.0 Å². The highest BCUT2D eigenvalue weighted by atomic mass is 16.5. The largest absolute Gasteiger partial charge is 0.348 e. The summed E-state index contributed by atoms with van der Waals surface area (Å²) in [5, 5.41) is 13.2. The second kappa shape index (κ2) is 3.07. The van der Waals surface area contributed by atoms with E-state index in [-0.39, 0.29) is 0 Å². The molecule has 0 aliphatic carbocycles. The first-order valence-electron chi connectivity index (χ1n) is 5.35. The number of hydroxylamine groups is 2. The third-order valence-corrected chi connectivity index (χ3v) is 3.62. The molecule has 5 nitrogen and oxygen atoms in total. The first kappa shape index (κ1) is 11.1. The second-order valence-electron chi connectivity index (χ2n) is 5.22. The fraction of sp³-hybridized carbons (Fsp3) is 0.636. The molecule has 0 unspecified atom stereocenters. The minimum absolute atomic E-state index is 0.407. The Kier molecular flexibility index (Phi) is 2.14. The molecule has 0 bridgehead atoms. The summed E-state index contributed by atoms with van der Waals surface area (Å²) in [6.45, 7) is 9.62. The van der Waals surface area contributed by atoms with Gasteiger partial charge in [-0.25, -0.2) is 4.98 Å². The maximum atomic E-state index is 12.2. The number of nitrogens with zero attached hydrogens (tertiary/aromatic N) is 3. The van der Waals surface area contributed by atoms with Crippen LogP contribution in [0.2, 0.25) is 0 Å². The number of H-pyrrole nitrogens is 1. The Morgan fingerprint density at radius 1 is 1.31 bits per heavy atom. The molecule has 1 aromatic heterocycles. The Bertz CT molecular complexity index is 445. The molecule has 0 saturated carbocycles. The van der Waals surface area contributed by atoms with Crippen molar-refractivity contribution in [3.05, 3.63) is 17.7 Å². The lowest BCUT2D eigenvalue weighted by atomic mass is 9.84. The lowest BCUT2D eigenvalue weighted by Crippen LogP contribution is -2.50. The maximum absolute atomic E-state index is 12.2. The van der Waals surface area contributed by atoms with Gasteiger partial charge in [-0.1, -0.05) is 5.21 Å². The van der Waals surface area contributed by atoms with E-state index in [0.717, 1.165) is 10.8 Å². The van der Waals surface area contributed by atoms with Crippen molar-refractivity contribution >= 4 is 5.84 Å². The fourth-order valence-electron chi connectivity index (χ4n) is 1.69. The lowest BCUT2D eigenvalue weighted by molar-refractivity contribution is -0.158. The predicted molar refractivity (Wildman–Crippen MR) is 60.5 cm³/mol. The van der Waals surface area contributed by atoms with Crippen LogP contribution in [0.15, 0.2) is 11.3 Å². The number of hydrogen-bond donors (Lipinski definition) is 1. The van der Waals surface area contributed by atoms with Crippen LogP contribution in [0.25, 0.3) is 0 Å². The standard InChI is InChI=1S/C11H17N4O/c1-7-8(13-6-12-7)9-14-10(2,3)11(4,5)15(9)16/h6H,1-5H3,(H,12,13). The van der Waals surface area contributed by atoms with E-state index in [0.29, 0.717) is 11.5 Å². The van der Waals surface area contributed by atoms with Crippen molar-refractivity contribution in [3.8, 4) is 0 Å². The molecule has 0 atom stereocenters. The normalized spacial score (nSPS) is 22.4. The monoisotopic (exact) mass is 221 g/mol. The minimum atomic E-state index is -0.548. The van der Waals surface area contributed by atoms with Crippen molar-refractivity contribution in [2.24, 2.45) is 4.99 Å². The summed E-state index contributed by atoms with van der Waals surface area (Å²) < 4.78 is 0. The van der Waals surface area contributed by atoms with Gasteiger partial charge in [-0.15, -0.1) is 0 Å². The summed E-state index contributed by atoms with van der Waals surface area (Å²) in [5.74, 6) is 0.425. The van der Waals surface area contributed by atoms with Crippen LogP contribution in [-0.4, -0.2) is 31.9 Å². The topological polar surface area (TPSA) is 64.2 Å². The summed E-state index contributed by atoms with van der Waals surface area (Å²) in [6.07, 6.45) is 1.58. The van der Waals surface area contributed by atoms with Crippen LogP contribution in [-0.2, 0) is 5.21 Å². The average molecular weight is 221 g/mol. The van der Waals surface area contributed by atoms with E-state index in [9.17, 15) is 5.21 Å². The van der Waals surface area contributed by atoms with Gasteiger partial charge < -0.3 is 4.98 Å². The van der Waals surface area contributed by atoms with Gasteiger partial charge in [-0.3, -0.25) is 4.99 Å². The first-order chi connectivity index (χ1) is 7.27. The number of hydrogen-bond acceptors (Lipinski definition) is 3. The van der Waals surface area contributed by atoms with Gasteiger partial charge in [0, 0.05) is 5.69 Å². The van der Waals surface area contributed by atoms with Gasteiger partial charge >= 0.3 is 0 Å². The summed E-state index contributed by atoms with van der Waals surface area (Å²) in [5.41, 5.74) is 0.560. The molecule has 1 radical (unpaired) electrons. The summed E-state index contributed by atoms with van der Waals surface area (Å²) >= 11 is 0. The van der Waals surface area contributed by atoms with Crippen LogP contribution in [0.5, 0.6) is 0 Å². The number of aliphatic imine (C=N–C) groups is 1. The van der Waals surface area contributed by atoms with Gasteiger partial charge in [0.05, 0.1) is 17.4 Å². The van der Waals surface area contributed by atoms with Crippen LogP contribution in [0, 0.1) is 6.92 Å². The predicted octanol–water partition coefficient (Wildman–Crippen LogP) is 1.68. The van der Waals surface area contributed by atoms with Crippen LogP contribution >= 0.6 is 0 Å². The number of nitrogens with one attached hydrogen (secondary N) is 1.